The van der Waals surface area contributed by atoms with Crippen LogP contribution in [0.3, 0.4) is 0 Å². The van der Waals surface area contributed by atoms with Crippen molar-refractivity contribution in [3.05, 3.63) is 53.9 Å². The van der Waals surface area contributed by atoms with Crippen molar-refractivity contribution in [1.82, 2.24) is 20.2 Å². The summed E-state index contributed by atoms with van der Waals surface area (Å²) in [5.41, 5.74) is 1.46. The zero-order chi connectivity index (χ0) is 15.5. The van der Waals surface area contributed by atoms with Gasteiger partial charge in [-0.2, -0.15) is 0 Å². The van der Waals surface area contributed by atoms with Gasteiger partial charge in [-0.1, -0.05) is 12.1 Å². The number of halogens is 1. The van der Waals surface area contributed by atoms with E-state index < -0.39 is 0 Å². The van der Waals surface area contributed by atoms with Gasteiger partial charge in [0.15, 0.2) is 0 Å². The second kappa shape index (κ2) is 6.27. The highest BCUT2D eigenvalue weighted by Gasteiger charge is 2.28. The van der Waals surface area contributed by atoms with Gasteiger partial charge in [0.05, 0.1) is 6.33 Å². The van der Waals surface area contributed by atoms with Crippen molar-refractivity contribution in [3.8, 4) is 0 Å². The first-order valence-corrected chi connectivity index (χ1v) is 7.38. The minimum absolute atomic E-state index is 0.0336. The summed E-state index contributed by atoms with van der Waals surface area (Å²) >= 11 is 0. The number of rotatable bonds is 3. The molecule has 2 heterocycles. The van der Waals surface area contributed by atoms with Gasteiger partial charge < -0.3 is 15.2 Å². The predicted octanol–water partition coefficient (Wildman–Crippen LogP) is 1.43. The zero-order valence-electron chi connectivity index (χ0n) is 12.4. The smallest absolute Gasteiger partial charge is 0.271 e. The lowest BCUT2D eigenvalue weighted by atomic mass is 9.86. The van der Waals surface area contributed by atoms with Crippen molar-refractivity contribution in [2.24, 2.45) is 7.05 Å². The number of aryl methyl sites for hydroxylation is 1. The van der Waals surface area contributed by atoms with Gasteiger partial charge in [-0.05, 0) is 30.7 Å². The van der Waals surface area contributed by atoms with E-state index in [4.69, 9.17) is 0 Å². The Hall–Kier alpha value is -2.21. The van der Waals surface area contributed by atoms with Crippen molar-refractivity contribution in [2.45, 2.75) is 18.4 Å². The molecule has 22 heavy (non-hydrogen) atoms. The standard InChI is InChI=1S/C16H19FN4O/c1-21-9-15(19-10-21)16(22)20-14-8-18-7-6-13(14)11-2-4-12(17)5-3-11/h2-5,9-10,13-14,18H,6-8H2,1H3,(H,20,22). The summed E-state index contributed by atoms with van der Waals surface area (Å²) in [6, 6.07) is 6.49. The van der Waals surface area contributed by atoms with Crippen molar-refractivity contribution >= 4 is 5.91 Å². The molecule has 116 valence electrons. The Morgan fingerprint density at radius 3 is 2.86 bits per heavy atom. The predicted molar refractivity (Wildman–Crippen MR) is 81.1 cm³/mol. The molecule has 6 heteroatoms. The number of imidazole rings is 1. The Kier molecular flexibility index (Phi) is 4.20. The topological polar surface area (TPSA) is 59.0 Å². The number of benzene rings is 1. The van der Waals surface area contributed by atoms with E-state index in [1.165, 1.54) is 12.1 Å². The quantitative estimate of drug-likeness (QED) is 0.902. The van der Waals surface area contributed by atoms with Crippen molar-refractivity contribution < 1.29 is 9.18 Å². The Bertz CT molecular complexity index is 652. The van der Waals surface area contributed by atoms with Gasteiger partial charge >= 0.3 is 0 Å². The Labute approximate surface area is 128 Å². The fourth-order valence-corrected chi connectivity index (χ4v) is 2.89. The molecular weight excluding hydrogens is 283 g/mol. The molecule has 1 saturated heterocycles. The van der Waals surface area contributed by atoms with Crippen molar-refractivity contribution in [3.63, 3.8) is 0 Å². The molecule has 2 atom stereocenters. The number of hydrogen-bond donors (Lipinski definition) is 2. The van der Waals surface area contributed by atoms with Crippen LogP contribution in [0, 0.1) is 5.82 Å². The van der Waals surface area contributed by atoms with Crippen LogP contribution in [0.5, 0.6) is 0 Å². The molecular formula is C16H19FN4O. The SMILES string of the molecule is Cn1cnc(C(=O)NC2CNCCC2c2ccc(F)cc2)c1. The molecule has 0 bridgehead atoms. The van der Waals surface area contributed by atoms with Crippen LogP contribution in [-0.2, 0) is 7.05 Å². The van der Waals surface area contributed by atoms with Crippen molar-refractivity contribution in [1.29, 1.82) is 0 Å². The average molecular weight is 302 g/mol. The molecule has 1 aromatic heterocycles. The summed E-state index contributed by atoms with van der Waals surface area (Å²) in [6.07, 6.45) is 4.20. The second-order valence-corrected chi connectivity index (χ2v) is 5.66. The van der Waals surface area contributed by atoms with Crippen LogP contribution in [0.2, 0.25) is 0 Å². The third-order valence-corrected chi connectivity index (χ3v) is 4.03. The third-order valence-electron chi connectivity index (χ3n) is 4.03. The van der Waals surface area contributed by atoms with Crippen LogP contribution in [0.1, 0.15) is 28.4 Å². The summed E-state index contributed by atoms with van der Waals surface area (Å²) in [5, 5.41) is 6.33. The second-order valence-electron chi connectivity index (χ2n) is 5.66. The summed E-state index contributed by atoms with van der Waals surface area (Å²) < 4.78 is 14.8. The fraction of sp³-hybridized carbons (Fsp3) is 0.375. The molecule has 0 aliphatic carbocycles. The maximum absolute atomic E-state index is 13.1. The van der Waals surface area contributed by atoms with Crippen LogP contribution < -0.4 is 10.6 Å². The minimum atomic E-state index is -0.244. The molecule has 0 saturated carbocycles. The number of nitrogens with one attached hydrogen (secondary N) is 2. The Balaban J connectivity index is 1.75. The Morgan fingerprint density at radius 1 is 1.41 bits per heavy atom. The van der Waals surface area contributed by atoms with E-state index >= 15 is 0 Å². The van der Waals surface area contributed by atoms with E-state index in [-0.39, 0.29) is 23.7 Å². The molecule has 5 nitrogen and oxygen atoms in total. The molecule has 1 fully saturated rings. The maximum atomic E-state index is 13.1. The van der Waals surface area contributed by atoms with Gasteiger partial charge in [0.2, 0.25) is 0 Å². The third kappa shape index (κ3) is 3.17. The zero-order valence-corrected chi connectivity index (χ0v) is 12.4. The number of hydrogen-bond acceptors (Lipinski definition) is 3. The van der Waals surface area contributed by atoms with Crippen LogP contribution in [0.4, 0.5) is 4.39 Å². The highest BCUT2D eigenvalue weighted by molar-refractivity contribution is 5.92. The Morgan fingerprint density at radius 2 is 2.18 bits per heavy atom. The van der Waals surface area contributed by atoms with Gasteiger partial charge in [0, 0.05) is 31.7 Å². The van der Waals surface area contributed by atoms with Gasteiger partial charge in [0.25, 0.3) is 5.91 Å². The van der Waals surface area contributed by atoms with Gasteiger partial charge in [-0.3, -0.25) is 4.79 Å². The first kappa shape index (κ1) is 14.7. The first-order chi connectivity index (χ1) is 10.6. The molecule has 1 amide bonds. The lowest BCUT2D eigenvalue weighted by Crippen LogP contribution is -2.50. The van der Waals surface area contributed by atoms with E-state index in [2.05, 4.69) is 15.6 Å². The summed E-state index contributed by atoms with van der Waals surface area (Å²) in [7, 11) is 1.83. The molecule has 1 aliphatic heterocycles. The largest absolute Gasteiger partial charge is 0.346 e. The van der Waals surface area contributed by atoms with E-state index in [1.54, 1.807) is 29.2 Å². The lowest BCUT2D eigenvalue weighted by molar-refractivity contribution is 0.0919. The van der Waals surface area contributed by atoms with Crippen LogP contribution in [0.25, 0.3) is 0 Å². The maximum Gasteiger partial charge on any atom is 0.271 e. The van der Waals surface area contributed by atoms with Gasteiger partial charge in [0.1, 0.15) is 11.5 Å². The monoisotopic (exact) mass is 302 g/mol. The summed E-state index contributed by atoms with van der Waals surface area (Å²) in [5.74, 6) is -0.248. The number of nitrogens with zero attached hydrogens (tertiary/aromatic N) is 2. The van der Waals surface area contributed by atoms with E-state index in [0.29, 0.717) is 12.2 Å². The van der Waals surface area contributed by atoms with E-state index in [1.807, 2.05) is 7.05 Å². The van der Waals surface area contributed by atoms with E-state index in [9.17, 15) is 9.18 Å². The number of piperidine rings is 1. The first-order valence-electron chi connectivity index (χ1n) is 7.38. The minimum Gasteiger partial charge on any atom is -0.346 e. The molecule has 2 aromatic rings. The van der Waals surface area contributed by atoms with Crippen molar-refractivity contribution in [2.75, 3.05) is 13.1 Å². The highest BCUT2D eigenvalue weighted by Crippen LogP contribution is 2.26. The molecule has 2 N–H and O–H groups in total. The molecule has 1 aromatic carbocycles. The number of amides is 1. The van der Waals surface area contributed by atoms with Crippen LogP contribution >= 0.6 is 0 Å². The van der Waals surface area contributed by atoms with E-state index in [0.717, 1.165) is 18.5 Å². The fourth-order valence-electron chi connectivity index (χ4n) is 2.89. The molecule has 0 spiro atoms. The van der Waals surface area contributed by atoms with Gasteiger partial charge in [-0.25, -0.2) is 9.37 Å². The highest BCUT2D eigenvalue weighted by atomic mass is 19.1. The number of carbonyl (C=O) groups excluding carboxylic acids is 1. The normalized spacial score (nSPS) is 21.5. The van der Waals surface area contributed by atoms with Crippen LogP contribution in [-0.4, -0.2) is 34.6 Å². The molecule has 0 radical (unpaired) electrons. The molecule has 3 rings (SSSR count). The number of carbonyl (C=O) groups is 1. The molecule has 2 unspecified atom stereocenters. The van der Waals surface area contributed by atoms with Gasteiger partial charge in [-0.15, -0.1) is 0 Å². The summed E-state index contributed by atoms with van der Waals surface area (Å²) in [6.45, 7) is 1.58. The summed E-state index contributed by atoms with van der Waals surface area (Å²) in [4.78, 5) is 16.4. The molecule has 1 aliphatic rings. The van der Waals surface area contributed by atoms with Crippen LogP contribution in [0.15, 0.2) is 36.8 Å². The average Bonchev–Trinajstić information content (AvgIpc) is 2.95. The lowest BCUT2D eigenvalue weighted by Gasteiger charge is -2.33. The number of aromatic nitrogens is 2.